The Kier molecular flexibility index (Phi) is 5.06. The van der Waals surface area contributed by atoms with Crippen molar-refractivity contribution >= 4 is 17.4 Å². The lowest BCUT2D eigenvalue weighted by atomic mass is 10.2. The van der Waals surface area contributed by atoms with E-state index in [4.69, 9.17) is 5.26 Å². The predicted molar refractivity (Wildman–Crippen MR) is 66.3 cm³/mol. The van der Waals surface area contributed by atoms with Crippen molar-refractivity contribution in [1.29, 1.82) is 5.26 Å². The number of thioether (sulfide) groups is 1. The average Bonchev–Trinajstić information content (AvgIpc) is 2.27. The molecule has 0 unspecified atom stereocenters. The third-order valence-corrected chi connectivity index (χ3v) is 2.94. The number of anilines is 1. The van der Waals surface area contributed by atoms with Crippen LogP contribution in [0.5, 0.6) is 0 Å². The number of nitrogens with one attached hydrogen (secondary N) is 1. The number of hydrogen-bond donors (Lipinski definition) is 1. The molecule has 0 aliphatic carbocycles. The first-order chi connectivity index (χ1) is 7.33. The van der Waals surface area contributed by atoms with E-state index in [1.807, 2.05) is 18.2 Å². The van der Waals surface area contributed by atoms with Crippen molar-refractivity contribution in [3.05, 3.63) is 23.8 Å². The van der Waals surface area contributed by atoms with Crippen LogP contribution in [0.3, 0.4) is 0 Å². The summed E-state index contributed by atoms with van der Waals surface area (Å²) in [5.41, 5.74) is 1.73. The normalized spacial score (nSPS) is 9.67. The maximum absolute atomic E-state index is 9.12. The van der Waals surface area contributed by atoms with Crippen LogP contribution >= 0.6 is 11.8 Å². The molecular formula is C12H16N2S. The summed E-state index contributed by atoms with van der Waals surface area (Å²) in [5, 5.41) is 12.4. The zero-order valence-corrected chi connectivity index (χ0v) is 10.0. The first-order valence-corrected chi connectivity index (χ1v) is 6.21. The van der Waals surface area contributed by atoms with Crippen molar-refractivity contribution in [2.24, 2.45) is 0 Å². The standard InChI is InChI=1S/C12H16N2S/c1-3-8-14-11-6-5-7-12(15-4-2)10(11)9-13/h5-7,14H,3-4,8H2,1-2H3. The number of benzene rings is 1. The zero-order valence-electron chi connectivity index (χ0n) is 9.21. The van der Waals surface area contributed by atoms with Gasteiger partial charge in [0, 0.05) is 11.4 Å². The van der Waals surface area contributed by atoms with E-state index in [9.17, 15) is 0 Å². The Morgan fingerprint density at radius 3 is 2.80 bits per heavy atom. The van der Waals surface area contributed by atoms with Crippen LogP contribution in [-0.2, 0) is 0 Å². The molecule has 1 rings (SSSR count). The van der Waals surface area contributed by atoms with E-state index in [1.165, 1.54) is 0 Å². The van der Waals surface area contributed by atoms with Gasteiger partial charge in [-0.25, -0.2) is 0 Å². The smallest absolute Gasteiger partial charge is 0.102 e. The van der Waals surface area contributed by atoms with Crippen LogP contribution < -0.4 is 5.32 Å². The van der Waals surface area contributed by atoms with Gasteiger partial charge in [0.1, 0.15) is 6.07 Å². The van der Waals surface area contributed by atoms with Crippen molar-refractivity contribution in [2.45, 2.75) is 25.2 Å². The third-order valence-electron chi connectivity index (χ3n) is 2.00. The molecule has 0 aromatic heterocycles. The molecule has 0 fully saturated rings. The molecule has 15 heavy (non-hydrogen) atoms. The van der Waals surface area contributed by atoms with Gasteiger partial charge in [-0.2, -0.15) is 5.26 Å². The van der Waals surface area contributed by atoms with E-state index in [0.717, 1.165) is 34.9 Å². The quantitative estimate of drug-likeness (QED) is 0.771. The summed E-state index contributed by atoms with van der Waals surface area (Å²) >= 11 is 1.71. The summed E-state index contributed by atoms with van der Waals surface area (Å²) < 4.78 is 0. The Hall–Kier alpha value is -1.14. The van der Waals surface area contributed by atoms with Crippen molar-refractivity contribution in [3.8, 4) is 6.07 Å². The molecule has 0 amide bonds. The highest BCUT2D eigenvalue weighted by molar-refractivity contribution is 7.99. The van der Waals surface area contributed by atoms with E-state index in [-0.39, 0.29) is 0 Å². The number of nitriles is 1. The van der Waals surface area contributed by atoms with Crippen molar-refractivity contribution in [3.63, 3.8) is 0 Å². The molecule has 0 saturated carbocycles. The Labute approximate surface area is 95.7 Å². The van der Waals surface area contributed by atoms with Crippen LogP contribution in [0, 0.1) is 11.3 Å². The van der Waals surface area contributed by atoms with Crippen molar-refractivity contribution < 1.29 is 0 Å². The van der Waals surface area contributed by atoms with Crippen LogP contribution in [0.1, 0.15) is 25.8 Å². The Bertz CT molecular complexity index is 355. The fraction of sp³-hybridized carbons (Fsp3) is 0.417. The first-order valence-electron chi connectivity index (χ1n) is 5.23. The second-order valence-electron chi connectivity index (χ2n) is 3.15. The largest absolute Gasteiger partial charge is 0.384 e. The molecule has 0 atom stereocenters. The lowest BCUT2D eigenvalue weighted by Gasteiger charge is -2.09. The molecule has 0 aliphatic rings. The monoisotopic (exact) mass is 220 g/mol. The van der Waals surface area contributed by atoms with Gasteiger partial charge in [-0.3, -0.25) is 0 Å². The molecule has 2 nitrogen and oxygen atoms in total. The molecular weight excluding hydrogens is 204 g/mol. The Morgan fingerprint density at radius 1 is 1.40 bits per heavy atom. The molecule has 1 aromatic rings. The van der Waals surface area contributed by atoms with Crippen LogP contribution in [-0.4, -0.2) is 12.3 Å². The molecule has 80 valence electrons. The summed E-state index contributed by atoms with van der Waals surface area (Å²) in [5.74, 6) is 0.992. The fourth-order valence-electron chi connectivity index (χ4n) is 1.33. The van der Waals surface area contributed by atoms with Crippen LogP contribution in [0.2, 0.25) is 0 Å². The lowest BCUT2D eigenvalue weighted by molar-refractivity contribution is 0.977. The van der Waals surface area contributed by atoms with Gasteiger partial charge in [-0.15, -0.1) is 11.8 Å². The highest BCUT2D eigenvalue weighted by atomic mass is 32.2. The number of nitrogens with zero attached hydrogens (tertiary/aromatic N) is 1. The van der Waals surface area contributed by atoms with Crippen LogP contribution in [0.4, 0.5) is 5.69 Å². The van der Waals surface area contributed by atoms with Gasteiger partial charge in [-0.1, -0.05) is 19.9 Å². The summed E-state index contributed by atoms with van der Waals surface area (Å²) in [6.07, 6.45) is 1.07. The minimum atomic E-state index is 0.776. The minimum Gasteiger partial charge on any atom is -0.384 e. The maximum atomic E-state index is 9.12. The molecule has 0 aliphatic heterocycles. The summed E-state index contributed by atoms with van der Waals surface area (Å²) in [4.78, 5) is 1.07. The SMILES string of the molecule is CCCNc1cccc(SCC)c1C#N. The van der Waals surface area contributed by atoms with Gasteiger partial charge in [0.2, 0.25) is 0 Å². The van der Waals surface area contributed by atoms with Crippen LogP contribution in [0.25, 0.3) is 0 Å². The molecule has 0 saturated heterocycles. The minimum absolute atomic E-state index is 0.776. The van der Waals surface area contributed by atoms with Gasteiger partial charge in [0.15, 0.2) is 0 Å². The van der Waals surface area contributed by atoms with E-state index in [2.05, 4.69) is 25.2 Å². The zero-order chi connectivity index (χ0) is 11.1. The second kappa shape index (κ2) is 6.36. The van der Waals surface area contributed by atoms with Gasteiger partial charge in [0.05, 0.1) is 11.3 Å². The Balaban J connectivity index is 2.95. The van der Waals surface area contributed by atoms with E-state index in [0.29, 0.717) is 0 Å². The third kappa shape index (κ3) is 3.17. The lowest BCUT2D eigenvalue weighted by Crippen LogP contribution is -2.02. The summed E-state index contributed by atoms with van der Waals surface area (Å²) in [6, 6.07) is 8.24. The second-order valence-corrected chi connectivity index (χ2v) is 4.46. The summed E-state index contributed by atoms with van der Waals surface area (Å²) in [6.45, 7) is 5.12. The highest BCUT2D eigenvalue weighted by Crippen LogP contribution is 2.27. The van der Waals surface area contributed by atoms with Gasteiger partial charge >= 0.3 is 0 Å². The van der Waals surface area contributed by atoms with Gasteiger partial charge in [-0.05, 0) is 24.3 Å². The number of rotatable bonds is 5. The van der Waals surface area contributed by atoms with Crippen molar-refractivity contribution in [1.82, 2.24) is 0 Å². The van der Waals surface area contributed by atoms with E-state index >= 15 is 0 Å². The van der Waals surface area contributed by atoms with Gasteiger partial charge < -0.3 is 5.32 Å². The topological polar surface area (TPSA) is 35.8 Å². The van der Waals surface area contributed by atoms with Crippen molar-refractivity contribution in [2.75, 3.05) is 17.6 Å². The molecule has 1 aromatic carbocycles. The maximum Gasteiger partial charge on any atom is 0.102 e. The molecule has 0 spiro atoms. The molecule has 0 bridgehead atoms. The molecule has 1 N–H and O–H groups in total. The Morgan fingerprint density at radius 2 is 2.20 bits per heavy atom. The highest BCUT2D eigenvalue weighted by Gasteiger charge is 2.06. The van der Waals surface area contributed by atoms with Gasteiger partial charge in [0.25, 0.3) is 0 Å². The molecule has 0 heterocycles. The fourth-order valence-corrected chi connectivity index (χ4v) is 2.11. The molecule has 3 heteroatoms. The van der Waals surface area contributed by atoms with E-state index in [1.54, 1.807) is 11.8 Å². The first kappa shape index (κ1) is 11.9. The number of hydrogen-bond acceptors (Lipinski definition) is 3. The summed E-state index contributed by atoms with van der Waals surface area (Å²) in [7, 11) is 0. The molecule has 0 radical (unpaired) electrons. The average molecular weight is 220 g/mol. The van der Waals surface area contributed by atoms with Crippen LogP contribution in [0.15, 0.2) is 23.1 Å². The van der Waals surface area contributed by atoms with E-state index < -0.39 is 0 Å². The predicted octanol–water partition coefficient (Wildman–Crippen LogP) is 3.49.